The van der Waals surface area contributed by atoms with Crippen molar-refractivity contribution < 1.29 is 14.6 Å². The number of methoxy groups -OCH3 is 2. The van der Waals surface area contributed by atoms with Gasteiger partial charge in [0.2, 0.25) is 0 Å². The molecule has 0 saturated heterocycles. The van der Waals surface area contributed by atoms with Crippen LogP contribution in [0, 0.1) is 0 Å². The van der Waals surface area contributed by atoms with Crippen LogP contribution in [0.25, 0.3) is 0 Å². The molecule has 2 N–H and O–H groups in total. The van der Waals surface area contributed by atoms with Crippen molar-refractivity contribution in [1.82, 2.24) is 0 Å². The number of aliphatic imine (C=N–C) groups is 1. The summed E-state index contributed by atoms with van der Waals surface area (Å²) in [6, 6.07) is 20.9. The zero-order chi connectivity index (χ0) is 19.5. The molecule has 4 rings (SSSR count). The van der Waals surface area contributed by atoms with Crippen molar-refractivity contribution in [3.05, 3.63) is 77.9 Å². The van der Waals surface area contributed by atoms with Crippen molar-refractivity contribution in [1.29, 1.82) is 0 Å². The van der Waals surface area contributed by atoms with Crippen LogP contribution in [0.2, 0.25) is 0 Å². The number of aromatic hydroxyl groups is 1. The molecule has 0 bridgehead atoms. The van der Waals surface area contributed by atoms with Gasteiger partial charge in [0, 0.05) is 17.5 Å². The molecule has 5 heteroatoms. The Bertz CT molecular complexity index is 1030. The monoisotopic (exact) mass is 374 g/mol. The van der Waals surface area contributed by atoms with Crippen LogP contribution in [-0.4, -0.2) is 25.0 Å². The molecule has 0 radical (unpaired) electrons. The van der Waals surface area contributed by atoms with Gasteiger partial charge in [-0.05, 0) is 42.5 Å². The number of hydrogen-bond acceptors (Lipinski definition) is 5. The number of para-hydroxylation sites is 3. The Kier molecular flexibility index (Phi) is 4.89. The number of benzene rings is 3. The fourth-order valence-electron chi connectivity index (χ4n) is 3.50. The number of nitrogens with zero attached hydrogens (tertiary/aromatic N) is 1. The Morgan fingerprint density at radius 2 is 1.75 bits per heavy atom. The van der Waals surface area contributed by atoms with E-state index in [1.807, 2.05) is 60.7 Å². The maximum absolute atomic E-state index is 10.4. The summed E-state index contributed by atoms with van der Waals surface area (Å²) in [7, 11) is 3.31. The van der Waals surface area contributed by atoms with E-state index in [1.165, 1.54) is 0 Å². The van der Waals surface area contributed by atoms with Gasteiger partial charge in [-0.25, -0.2) is 0 Å². The highest BCUT2D eigenvalue weighted by Gasteiger charge is 2.25. The zero-order valence-corrected chi connectivity index (χ0v) is 15.8. The molecule has 3 aromatic carbocycles. The molecule has 1 atom stereocenters. The number of anilines is 1. The van der Waals surface area contributed by atoms with Crippen LogP contribution in [0.4, 0.5) is 11.4 Å². The number of phenolic OH excluding ortho intramolecular Hbond substituents is 1. The van der Waals surface area contributed by atoms with Gasteiger partial charge in [0.1, 0.15) is 17.2 Å². The Balaban J connectivity index is 1.85. The number of rotatable bonds is 4. The highest BCUT2D eigenvalue weighted by atomic mass is 16.5. The van der Waals surface area contributed by atoms with Gasteiger partial charge in [-0.1, -0.05) is 24.3 Å². The van der Waals surface area contributed by atoms with E-state index in [-0.39, 0.29) is 11.8 Å². The lowest BCUT2D eigenvalue weighted by molar-refractivity contribution is 0.396. The first-order valence-corrected chi connectivity index (χ1v) is 9.13. The lowest BCUT2D eigenvalue weighted by Crippen LogP contribution is -2.15. The van der Waals surface area contributed by atoms with Crippen LogP contribution < -0.4 is 14.8 Å². The highest BCUT2D eigenvalue weighted by molar-refractivity contribution is 6.06. The van der Waals surface area contributed by atoms with Gasteiger partial charge in [-0.15, -0.1) is 0 Å². The second-order valence-electron chi connectivity index (χ2n) is 6.60. The minimum atomic E-state index is -0.105. The first-order chi connectivity index (χ1) is 13.7. The Labute approximate surface area is 164 Å². The van der Waals surface area contributed by atoms with Gasteiger partial charge in [0.05, 0.1) is 37.3 Å². The standard InChI is InChI=1S/C23H22N2O3/c1-27-15-11-12-23(28-2)17(13-15)21-14-20(16-7-3-6-10-22(16)26)24-18-8-4-5-9-19(18)25-21/h3-13,21,25-26H,14H2,1-2H3/t21-/m1/s1. The minimum Gasteiger partial charge on any atom is -0.507 e. The fraction of sp³-hybridized carbons (Fsp3) is 0.174. The third-order valence-corrected chi connectivity index (χ3v) is 4.91. The van der Waals surface area contributed by atoms with Gasteiger partial charge in [-0.3, -0.25) is 4.99 Å². The molecule has 0 unspecified atom stereocenters. The molecule has 0 spiro atoms. The van der Waals surface area contributed by atoms with Gasteiger partial charge in [0.15, 0.2) is 0 Å². The number of ether oxygens (including phenoxy) is 2. The lowest BCUT2D eigenvalue weighted by Gasteiger charge is -2.22. The maximum atomic E-state index is 10.4. The largest absolute Gasteiger partial charge is 0.507 e. The molecular formula is C23H22N2O3. The van der Waals surface area contributed by atoms with Crippen molar-refractivity contribution in [2.75, 3.05) is 19.5 Å². The van der Waals surface area contributed by atoms with Crippen molar-refractivity contribution >= 4 is 17.1 Å². The molecule has 28 heavy (non-hydrogen) atoms. The molecule has 0 aliphatic carbocycles. The fourth-order valence-corrected chi connectivity index (χ4v) is 3.50. The summed E-state index contributed by atoms with van der Waals surface area (Å²) < 4.78 is 11.0. The summed E-state index contributed by atoms with van der Waals surface area (Å²) >= 11 is 0. The first kappa shape index (κ1) is 17.9. The molecule has 142 valence electrons. The predicted molar refractivity (Wildman–Crippen MR) is 111 cm³/mol. The molecule has 5 nitrogen and oxygen atoms in total. The van der Waals surface area contributed by atoms with Crippen LogP contribution in [-0.2, 0) is 0 Å². The molecule has 0 aromatic heterocycles. The van der Waals surface area contributed by atoms with E-state index in [9.17, 15) is 5.11 Å². The molecule has 0 amide bonds. The highest BCUT2D eigenvalue weighted by Crippen LogP contribution is 2.40. The predicted octanol–water partition coefficient (Wildman–Crippen LogP) is 5.09. The summed E-state index contributed by atoms with van der Waals surface area (Å²) in [4.78, 5) is 4.87. The second-order valence-corrected chi connectivity index (χ2v) is 6.60. The first-order valence-electron chi connectivity index (χ1n) is 9.13. The third-order valence-electron chi connectivity index (χ3n) is 4.91. The Morgan fingerprint density at radius 3 is 2.54 bits per heavy atom. The van der Waals surface area contributed by atoms with Crippen LogP contribution >= 0.6 is 0 Å². The van der Waals surface area contributed by atoms with Crippen LogP contribution in [0.3, 0.4) is 0 Å². The van der Waals surface area contributed by atoms with E-state index in [4.69, 9.17) is 14.5 Å². The summed E-state index contributed by atoms with van der Waals surface area (Å²) in [5, 5.41) is 14.0. The topological polar surface area (TPSA) is 63.1 Å². The summed E-state index contributed by atoms with van der Waals surface area (Å²) in [5.74, 6) is 1.75. The van der Waals surface area contributed by atoms with E-state index in [0.717, 1.165) is 39.7 Å². The molecule has 0 saturated carbocycles. The van der Waals surface area contributed by atoms with E-state index >= 15 is 0 Å². The van der Waals surface area contributed by atoms with Crippen LogP contribution in [0.1, 0.15) is 23.6 Å². The number of phenols is 1. The number of fused-ring (bicyclic) bond motifs is 1. The van der Waals surface area contributed by atoms with E-state index in [2.05, 4.69) is 5.32 Å². The molecular weight excluding hydrogens is 352 g/mol. The minimum absolute atomic E-state index is 0.105. The van der Waals surface area contributed by atoms with Crippen molar-refractivity contribution in [3.8, 4) is 17.2 Å². The average Bonchev–Trinajstić information content (AvgIpc) is 2.93. The Hall–Kier alpha value is -3.47. The van der Waals surface area contributed by atoms with Crippen molar-refractivity contribution in [2.24, 2.45) is 4.99 Å². The average molecular weight is 374 g/mol. The summed E-state index contributed by atoms with van der Waals surface area (Å²) in [6.45, 7) is 0. The van der Waals surface area contributed by atoms with Gasteiger partial charge >= 0.3 is 0 Å². The van der Waals surface area contributed by atoms with E-state index < -0.39 is 0 Å². The smallest absolute Gasteiger partial charge is 0.124 e. The lowest BCUT2D eigenvalue weighted by atomic mass is 9.96. The number of hydrogen-bond donors (Lipinski definition) is 2. The van der Waals surface area contributed by atoms with Gasteiger partial charge < -0.3 is 19.9 Å². The van der Waals surface area contributed by atoms with E-state index in [0.29, 0.717) is 6.42 Å². The zero-order valence-electron chi connectivity index (χ0n) is 15.8. The molecule has 3 aromatic rings. The van der Waals surface area contributed by atoms with Crippen LogP contribution in [0.5, 0.6) is 17.2 Å². The van der Waals surface area contributed by atoms with Crippen molar-refractivity contribution in [3.63, 3.8) is 0 Å². The van der Waals surface area contributed by atoms with E-state index in [1.54, 1.807) is 20.3 Å². The molecule has 1 aliphatic heterocycles. The summed E-state index contributed by atoms with van der Waals surface area (Å²) in [5.41, 5.74) is 4.29. The molecule has 1 heterocycles. The Morgan fingerprint density at radius 1 is 0.964 bits per heavy atom. The summed E-state index contributed by atoms with van der Waals surface area (Å²) in [6.07, 6.45) is 0.579. The second kappa shape index (κ2) is 7.64. The SMILES string of the molecule is COc1ccc(OC)c([C@H]2CC(c3ccccc3O)=Nc3ccccc3N2)c1. The van der Waals surface area contributed by atoms with Crippen LogP contribution in [0.15, 0.2) is 71.7 Å². The van der Waals surface area contributed by atoms with Gasteiger partial charge in [0.25, 0.3) is 0 Å². The number of nitrogens with one attached hydrogen (secondary N) is 1. The maximum Gasteiger partial charge on any atom is 0.124 e. The molecule has 1 aliphatic rings. The normalized spacial score (nSPS) is 15.6. The third kappa shape index (κ3) is 3.39. The van der Waals surface area contributed by atoms with Gasteiger partial charge in [-0.2, -0.15) is 0 Å². The quantitative estimate of drug-likeness (QED) is 0.668. The molecule has 0 fully saturated rings. The van der Waals surface area contributed by atoms with Crippen molar-refractivity contribution in [2.45, 2.75) is 12.5 Å².